The Labute approximate surface area is 156 Å². The number of rotatable bonds is 10. The molecule has 0 spiro atoms. The molecule has 0 heterocycles. The minimum atomic E-state index is -3.60. The van der Waals surface area contributed by atoms with Crippen molar-refractivity contribution < 1.29 is 17.9 Å². The molecular weight excluding hydrogens is 366 g/mol. The van der Waals surface area contributed by atoms with Gasteiger partial charge < -0.3 is 15.8 Å². The van der Waals surface area contributed by atoms with Crippen LogP contribution in [0, 0.1) is 0 Å². The number of sulfonamides is 1. The molecule has 1 amide bonds. The number of nitrogens with two attached hydrogens (primary N) is 1. The van der Waals surface area contributed by atoms with Crippen LogP contribution in [-0.2, 0) is 14.8 Å². The third-order valence-electron chi connectivity index (χ3n) is 4.03. The molecular formula is C16H28ClN3O4S. The Hall–Kier alpha value is -1.19. The summed E-state index contributed by atoms with van der Waals surface area (Å²) in [4.78, 5) is 12.2. The highest BCUT2D eigenvalue weighted by Crippen LogP contribution is 2.12. The van der Waals surface area contributed by atoms with Gasteiger partial charge in [-0.15, -0.1) is 12.4 Å². The van der Waals surface area contributed by atoms with Gasteiger partial charge in [-0.05, 0) is 37.1 Å². The zero-order valence-electron chi connectivity index (χ0n) is 14.9. The van der Waals surface area contributed by atoms with E-state index in [1.54, 1.807) is 0 Å². The van der Waals surface area contributed by atoms with Gasteiger partial charge in [0.15, 0.2) is 0 Å². The van der Waals surface area contributed by atoms with E-state index >= 15 is 0 Å². The fraction of sp³-hybridized carbons (Fsp3) is 0.562. The first-order valence-corrected chi connectivity index (χ1v) is 9.42. The summed E-state index contributed by atoms with van der Waals surface area (Å²) in [6.45, 7) is 4.80. The molecule has 0 aromatic heterocycles. The van der Waals surface area contributed by atoms with Crippen molar-refractivity contribution in [1.82, 2.24) is 10.0 Å². The van der Waals surface area contributed by atoms with Gasteiger partial charge in [0.05, 0.1) is 11.5 Å². The number of carbonyl (C=O) groups is 1. The van der Waals surface area contributed by atoms with E-state index in [-0.39, 0.29) is 36.4 Å². The van der Waals surface area contributed by atoms with Crippen molar-refractivity contribution in [2.45, 2.75) is 37.1 Å². The number of amides is 1. The highest BCUT2D eigenvalue weighted by molar-refractivity contribution is 7.89. The molecule has 0 aliphatic rings. The molecule has 144 valence electrons. The predicted molar refractivity (Wildman–Crippen MR) is 101 cm³/mol. The summed E-state index contributed by atoms with van der Waals surface area (Å²) in [5.74, 6) is -0.275. The molecule has 1 aromatic rings. The van der Waals surface area contributed by atoms with Gasteiger partial charge in [0.2, 0.25) is 10.0 Å². The first-order valence-electron chi connectivity index (χ1n) is 7.93. The van der Waals surface area contributed by atoms with Crippen LogP contribution in [0.1, 0.15) is 37.0 Å². The van der Waals surface area contributed by atoms with E-state index in [1.165, 1.54) is 31.4 Å². The van der Waals surface area contributed by atoms with Crippen LogP contribution in [0.15, 0.2) is 29.2 Å². The fourth-order valence-electron chi connectivity index (χ4n) is 2.01. The van der Waals surface area contributed by atoms with Crippen LogP contribution >= 0.6 is 12.4 Å². The van der Waals surface area contributed by atoms with Gasteiger partial charge in [-0.3, -0.25) is 4.79 Å². The molecule has 1 rings (SSSR count). The van der Waals surface area contributed by atoms with Crippen LogP contribution in [0.25, 0.3) is 0 Å². The molecule has 0 unspecified atom stereocenters. The van der Waals surface area contributed by atoms with E-state index in [0.29, 0.717) is 12.1 Å². The van der Waals surface area contributed by atoms with E-state index in [4.69, 9.17) is 10.5 Å². The molecule has 9 heteroatoms. The van der Waals surface area contributed by atoms with E-state index in [2.05, 4.69) is 10.0 Å². The Morgan fingerprint density at radius 1 is 1.20 bits per heavy atom. The van der Waals surface area contributed by atoms with Gasteiger partial charge in [-0.1, -0.05) is 13.8 Å². The van der Waals surface area contributed by atoms with Crippen molar-refractivity contribution in [3.05, 3.63) is 29.8 Å². The summed E-state index contributed by atoms with van der Waals surface area (Å²) < 4.78 is 31.3. The smallest absolute Gasteiger partial charge is 0.251 e. The van der Waals surface area contributed by atoms with Crippen molar-refractivity contribution >= 4 is 28.3 Å². The third kappa shape index (κ3) is 7.29. The second kappa shape index (κ2) is 10.7. The largest absolute Gasteiger partial charge is 0.383 e. The lowest BCUT2D eigenvalue weighted by atomic mass is 9.94. The molecule has 0 radical (unpaired) electrons. The Morgan fingerprint density at radius 3 is 2.24 bits per heavy atom. The number of hydrogen-bond donors (Lipinski definition) is 3. The lowest BCUT2D eigenvalue weighted by Gasteiger charge is -2.26. The second-order valence-electron chi connectivity index (χ2n) is 5.67. The number of benzene rings is 1. The Kier molecular flexibility index (Phi) is 10.2. The van der Waals surface area contributed by atoms with Crippen LogP contribution in [-0.4, -0.2) is 46.7 Å². The lowest BCUT2D eigenvalue weighted by molar-refractivity contribution is 0.0942. The van der Waals surface area contributed by atoms with E-state index in [1.807, 2.05) is 13.8 Å². The quantitative estimate of drug-likeness (QED) is 0.518. The Morgan fingerprint density at radius 2 is 1.76 bits per heavy atom. The summed E-state index contributed by atoms with van der Waals surface area (Å²) in [7, 11) is -2.11. The maximum atomic E-state index is 12.1. The summed E-state index contributed by atoms with van der Waals surface area (Å²) in [6, 6.07) is 5.77. The van der Waals surface area contributed by atoms with Crippen LogP contribution in [0.3, 0.4) is 0 Å². The molecule has 4 N–H and O–H groups in total. The van der Waals surface area contributed by atoms with Gasteiger partial charge in [0.25, 0.3) is 5.91 Å². The molecule has 0 saturated heterocycles. The van der Waals surface area contributed by atoms with Crippen LogP contribution < -0.4 is 15.8 Å². The Balaban J connectivity index is 0.00000576. The van der Waals surface area contributed by atoms with E-state index < -0.39 is 15.6 Å². The Bertz CT molecular complexity index is 631. The number of halogens is 1. The van der Waals surface area contributed by atoms with E-state index in [9.17, 15) is 13.2 Å². The molecule has 0 aliphatic carbocycles. The summed E-state index contributed by atoms with van der Waals surface area (Å²) in [5.41, 5.74) is 6.11. The minimum absolute atomic E-state index is 0. The standard InChI is InChI=1S/C16H27N3O4S.ClH/c1-4-16(17,5-2)12-18-15(20)13-6-8-14(9-7-13)24(21,22)19-10-11-23-3;/h6-9,19H,4-5,10-12,17H2,1-3H3,(H,18,20);1H. The molecule has 7 nitrogen and oxygen atoms in total. The fourth-order valence-corrected chi connectivity index (χ4v) is 3.02. The van der Waals surface area contributed by atoms with Gasteiger partial charge in [-0.25, -0.2) is 13.1 Å². The average Bonchev–Trinajstić information content (AvgIpc) is 2.59. The van der Waals surface area contributed by atoms with Crippen molar-refractivity contribution in [3.8, 4) is 0 Å². The third-order valence-corrected chi connectivity index (χ3v) is 5.51. The average molecular weight is 394 g/mol. The SMILES string of the molecule is CCC(N)(CC)CNC(=O)c1ccc(S(=O)(=O)NCCOC)cc1.Cl. The summed E-state index contributed by atoms with van der Waals surface area (Å²) in [5, 5.41) is 2.80. The molecule has 0 atom stereocenters. The molecule has 1 aromatic carbocycles. The zero-order chi connectivity index (χ0) is 18.2. The van der Waals surface area contributed by atoms with Crippen molar-refractivity contribution in [2.24, 2.45) is 5.73 Å². The predicted octanol–water partition coefficient (Wildman–Crippen LogP) is 1.28. The number of carbonyl (C=O) groups excluding carboxylic acids is 1. The van der Waals surface area contributed by atoms with Gasteiger partial charge in [0.1, 0.15) is 0 Å². The second-order valence-corrected chi connectivity index (χ2v) is 7.43. The van der Waals surface area contributed by atoms with Crippen molar-refractivity contribution in [2.75, 3.05) is 26.8 Å². The lowest BCUT2D eigenvalue weighted by Crippen LogP contribution is -2.49. The van der Waals surface area contributed by atoms with Crippen molar-refractivity contribution in [3.63, 3.8) is 0 Å². The highest BCUT2D eigenvalue weighted by Gasteiger charge is 2.21. The van der Waals surface area contributed by atoms with Crippen LogP contribution in [0.5, 0.6) is 0 Å². The first kappa shape index (κ1) is 23.8. The molecule has 0 saturated carbocycles. The molecule has 25 heavy (non-hydrogen) atoms. The number of hydrogen-bond acceptors (Lipinski definition) is 5. The van der Waals surface area contributed by atoms with Gasteiger partial charge in [0, 0.05) is 31.3 Å². The zero-order valence-corrected chi connectivity index (χ0v) is 16.5. The van der Waals surface area contributed by atoms with Crippen LogP contribution in [0.2, 0.25) is 0 Å². The number of ether oxygens (including phenoxy) is 1. The minimum Gasteiger partial charge on any atom is -0.383 e. The number of nitrogens with one attached hydrogen (secondary N) is 2. The normalized spacial score (nSPS) is 11.7. The van der Waals surface area contributed by atoms with Gasteiger partial charge in [-0.2, -0.15) is 0 Å². The highest BCUT2D eigenvalue weighted by atomic mass is 35.5. The maximum Gasteiger partial charge on any atom is 0.251 e. The number of methoxy groups -OCH3 is 1. The summed E-state index contributed by atoms with van der Waals surface area (Å²) >= 11 is 0. The van der Waals surface area contributed by atoms with E-state index in [0.717, 1.165) is 12.8 Å². The first-order chi connectivity index (χ1) is 11.3. The van der Waals surface area contributed by atoms with Gasteiger partial charge >= 0.3 is 0 Å². The molecule has 0 aliphatic heterocycles. The van der Waals surface area contributed by atoms with Crippen LogP contribution in [0.4, 0.5) is 0 Å². The maximum absolute atomic E-state index is 12.1. The molecule has 0 bridgehead atoms. The van der Waals surface area contributed by atoms with Crippen molar-refractivity contribution in [1.29, 1.82) is 0 Å². The molecule has 0 fully saturated rings. The topological polar surface area (TPSA) is 111 Å². The monoisotopic (exact) mass is 393 g/mol. The summed E-state index contributed by atoms with van der Waals surface area (Å²) in [6.07, 6.45) is 1.52.